The number of nitrogens with zero attached hydrogens (tertiary/aromatic N) is 1. The van der Waals surface area contributed by atoms with Gasteiger partial charge in [-0.2, -0.15) is 0 Å². The average Bonchev–Trinajstić information content (AvgIpc) is 2.49. The van der Waals surface area contributed by atoms with Crippen LogP contribution in [0, 0.1) is 6.92 Å². The van der Waals surface area contributed by atoms with E-state index >= 15 is 0 Å². The van der Waals surface area contributed by atoms with Gasteiger partial charge in [0.25, 0.3) is 5.91 Å². The van der Waals surface area contributed by atoms with Crippen molar-refractivity contribution < 1.29 is 4.79 Å². The Labute approximate surface area is 127 Å². The van der Waals surface area contributed by atoms with Gasteiger partial charge in [0, 0.05) is 19.2 Å². The van der Waals surface area contributed by atoms with E-state index in [9.17, 15) is 4.79 Å². The predicted molar refractivity (Wildman–Crippen MR) is 87.4 cm³/mol. The van der Waals surface area contributed by atoms with Crippen LogP contribution in [0.25, 0.3) is 0 Å². The molecule has 2 heteroatoms. The van der Waals surface area contributed by atoms with Crippen LogP contribution in [0.1, 0.15) is 40.4 Å². The first-order valence-electron chi connectivity index (χ1n) is 7.50. The summed E-state index contributed by atoms with van der Waals surface area (Å²) >= 11 is 0. The van der Waals surface area contributed by atoms with E-state index in [2.05, 4.69) is 44.2 Å². The van der Waals surface area contributed by atoms with Crippen molar-refractivity contribution in [2.24, 2.45) is 0 Å². The number of carbonyl (C=O) groups excluding carboxylic acids is 1. The lowest BCUT2D eigenvalue weighted by molar-refractivity contribution is 0.0785. The van der Waals surface area contributed by atoms with Crippen molar-refractivity contribution in [3.8, 4) is 0 Å². The van der Waals surface area contributed by atoms with Crippen molar-refractivity contribution >= 4 is 5.91 Å². The second-order valence-electron chi connectivity index (χ2n) is 5.60. The summed E-state index contributed by atoms with van der Waals surface area (Å²) in [5, 5.41) is 0. The molecule has 0 radical (unpaired) electrons. The van der Waals surface area contributed by atoms with Crippen molar-refractivity contribution in [2.75, 3.05) is 7.05 Å². The molecule has 0 saturated carbocycles. The largest absolute Gasteiger partial charge is 0.337 e. The summed E-state index contributed by atoms with van der Waals surface area (Å²) < 4.78 is 0. The molecule has 2 aromatic rings. The lowest BCUT2D eigenvalue weighted by atomic mass is 10.1. The molecule has 0 atom stereocenters. The van der Waals surface area contributed by atoms with Gasteiger partial charge in [0.2, 0.25) is 0 Å². The second-order valence-corrected chi connectivity index (χ2v) is 5.60. The molecule has 110 valence electrons. The van der Waals surface area contributed by atoms with Gasteiger partial charge in [-0.05, 0) is 36.6 Å². The SMILES string of the molecule is CCCc1cccc(C(=O)N(C)Cc2ccc(C)cc2)c1. The third-order valence-electron chi connectivity index (χ3n) is 3.60. The van der Waals surface area contributed by atoms with Crippen LogP contribution in [0.4, 0.5) is 0 Å². The van der Waals surface area contributed by atoms with Crippen molar-refractivity contribution in [1.82, 2.24) is 4.90 Å². The quantitative estimate of drug-likeness (QED) is 0.803. The van der Waals surface area contributed by atoms with Gasteiger partial charge in [0.05, 0.1) is 0 Å². The molecule has 0 unspecified atom stereocenters. The van der Waals surface area contributed by atoms with E-state index < -0.39 is 0 Å². The van der Waals surface area contributed by atoms with Crippen LogP contribution in [-0.2, 0) is 13.0 Å². The van der Waals surface area contributed by atoms with Gasteiger partial charge < -0.3 is 4.90 Å². The zero-order chi connectivity index (χ0) is 15.2. The number of hydrogen-bond acceptors (Lipinski definition) is 1. The predicted octanol–water partition coefficient (Wildman–Crippen LogP) is 4.22. The minimum atomic E-state index is 0.0773. The third kappa shape index (κ3) is 4.19. The molecule has 0 aliphatic carbocycles. The summed E-state index contributed by atoms with van der Waals surface area (Å²) in [5.41, 5.74) is 4.39. The third-order valence-corrected chi connectivity index (χ3v) is 3.60. The summed E-state index contributed by atoms with van der Waals surface area (Å²) in [6.45, 7) is 4.85. The first-order valence-corrected chi connectivity index (χ1v) is 7.50. The summed E-state index contributed by atoms with van der Waals surface area (Å²) in [7, 11) is 1.86. The van der Waals surface area contributed by atoms with Crippen LogP contribution >= 0.6 is 0 Å². The van der Waals surface area contributed by atoms with Crippen LogP contribution in [0.15, 0.2) is 48.5 Å². The smallest absolute Gasteiger partial charge is 0.253 e. The van der Waals surface area contributed by atoms with Crippen LogP contribution in [-0.4, -0.2) is 17.9 Å². The molecule has 21 heavy (non-hydrogen) atoms. The molecule has 0 saturated heterocycles. The Hall–Kier alpha value is -2.09. The van der Waals surface area contributed by atoms with Gasteiger partial charge in [-0.25, -0.2) is 0 Å². The highest BCUT2D eigenvalue weighted by atomic mass is 16.2. The summed E-state index contributed by atoms with van der Waals surface area (Å²) in [5.74, 6) is 0.0773. The van der Waals surface area contributed by atoms with Gasteiger partial charge >= 0.3 is 0 Å². The second kappa shape index (κ2) is 7.07. The van der Waals surface area contributed by atoms with Crippen molar-refractivity contribution in [3.05, 3.63) is 70.8 Å². The standard InChI is InChI=1S/C19H23NO/c1-4-6-16-7-5-8-18(13-16)19(21)20(3)14-17-11-9-15(2)10-12-17/h5,7-13H,4,6,14H2,1-3H3. The number of amides is 1. The van der Waals surface area contributed by atoms with Crippen molar-refractivity contribution in [1.29, 1.82) is 0 Å². The molecule has 2 rings (SSSR count). The maximum atomic E-state index is 12.5. The molecular weight excluding hydrogens is 258 g/mol. The summed E-state index contributed by atoms with van der Waals surface area (Å²) in [4.78, 5) is 14.3. The molecule has 1 amide bonds. The zero-order valence-corrected chi connectivity index (χ0v) is 13.1. The molecule has 0 bridgehead atoms. The van der Waals surface area contributed by atoms with Crippen molar-refractivity contribution in [3.63, 3.8) is 0 Å². The van der Waals surface area contributed by atoms with E-state index in [0.717, 1.165) is 24.0 Å². The fraction of sp³-hybridized carbons (Fsp3) is 0.316. The molecule has 0 aromatic heterocycles. The molecule has 2 nitrogen and oxygen atoms in total. The highest BCUT2D eigenvalue weighted by Crippen LogP contribution is 2.12. The minimum Gasteiger partial charge on any atom is -0.337 e. The van der Waals surface area contributed by atoms with E-state index in [1.54, 1.807) is 4.90 Å². The number of aryl methyl sites for hydroxylation is 2. The Kier molecular flexibility index (Phi) is 5.15. The molecule has 0 spiro atoms. The molecular formula is C19H23NO. The number of carbonyl (C=O) groups is 1. The van der Waals surface area contributed by atoms with E-state index in [0.29, 0.717) is 6.54 Å². The molecule has 0 N–H and O–H groups in total. The Morgan fingerprint density at radius 2 is 1.76 bits per heavy atom. The monoisotopic (exact) mass is 281 g/mol. The highest BCUT2D eigenvalue weighted by Gasteiger charge is 2.12. The lowest BCUT2D eigenvalue weighted by Crippen LogP contribution is -2.26. The van der Waals surface area contributed by atoms with E-state index in [4.69, 9.17) is 0 Å². The molecule has 0 fully saturated rings. The van der Waals surface area contributed by atoms with Crippen LogP contribution in [0.5, 0.6) is 0 Å². The van der Waals surface area contributed by atoms with E-state index in [1.165, 1.54) is 11.1 Å². The number of rotatable bonds is 5. The molecule has 2 aromatic carbocycles. The fourth-order valence-corrected chi connectivity index (χ4v) is 2.41. The van der Waals surface area contributed by atoms with Crippen molar-refractivity contribution in [2.45, 2.75) is 33.2 Å². The molecule has 0 heterocycles. The molecule has 0 aliphatic rings. The average molecular weight is 281 g/mol. The minimum absolute atomic E-state index is 0.0773. The first-order chi connectivity index (χ1) is 10.1. The van der Waals surface area contributed by atoms with Crippen LogP contribution < -0.4 is 0 Å². The summed E-state index contributed by atoms with van der Waals surface area (Å²) in [6.07, 6.45) is 2.11. The normalized spacial score (nSPS) is 10.4. The summed E-state index contributed by atoms with van der Waals surface area (Å²) in [6, 6.07) is 16.3. The van der Waals surface area contributed by atoms with Gasteiger partial charge in [-0.3, -0.25) is 4.79 Å². The fourth-order valence-electron chi connectivity index (χ4n) is 2.41. The van der Waals surface area contributed by atoms with Gasteiger partial charge in [-0.15, -0.1) is 0 Å². The lowest BCUT2D eigenvalue weighted by Gasteiger charge is -2.18. The van der Waals surface area contributed by atoms with E-state index in [1.807, 2.05) is 25.2 Å². The maximum absolute atomic E-state index is 12.5. The van der Waals surface area contributed by atoms with Gasteiger partial charge in [0.15, 0.2) is 0 Å². The van der Waals surface area contributed by atoms with Crippen LogP contribution in [0.3, 0.4) is 0 Å². The highest BCUT2D eigenvalue weighted by molar-refractivity contribution is 5.94. The van der Waals surface area contributed by atoms with Gasteiger partial charge in [0.1, 0.15) is 0 Å². The Balaban J connectivity index is 2.08. The zero-order valence-electron chi connectivity index (χ0n) is 13.1. The Morgan fingerprint density at radius 3 is 2.43 bits per heavy atom. The topological polar surface area (TPSA) is 20.3 Å². The maximum Gasteiger partial charge on any atom is 0.253 e. The number of hydrogen-bond donors (Lipinski definition) is 0. The van der Waals surface area contributed by atoms with Crippen LogP contribution in [0.2, 0.25) is 0 Å². The Morgan fingerprint density at radius 1 is 1.05 bits per heavy atom. The van der Waals surface area contributed by atoms with E-state index in [-0.39, 0.29) is 5.91 Å². The number of benzene rings is 2. The van der Waals surface area contributed by atoms with Gasteiger partial charge in [-0.1, -0.05) is 55.3 Å². The first kappa shape index (κ1) is 15.3. The Bertz CT molecular complexity index is 601. The molecule has 0 aliphatic heterocycles.